The Balaban J connectivity index is 1.85. The first kappa shape index (κ1) is 16.0. The molecule has 3 rings (SSSR count). The van der Waals surface area contributed by atoms with Crippen molar-refractivity contribution in [3.8, 4) is 11.3 Å². The van der Waals surface area contributed by atoms with E-state index in [1.807, 2.05) is 68.4 Å². The van der Waals surface area contributed by atoms with Gasteiger partial charge in [0.1, 0.15) is 17.0 Å². The third-order valence-electron chi connectivity index (χ3n) is 4.06. The fourth-order valence-corrected chi connectivity index (χ4v) is 2.64. The number of nitrogens with zero attached hydrogens (tertiary/aromatic N) is 1. The van der Waals surface area contributed by atoms with Crippen LogP contribution in [-0.2, 0) is 0 Å². The van der Waals surface area contributed by atoms with Crippen LogP contribution >= 0.6 is 0 Å². The van der Waals surface area contributed by atoms with Gasteiger partial charge in [0.2, 0.25) is 0 Å². The average molecular weight is 320 g/mol. The van der Waals surface area contributed by atoms with Gasteiger partial charge in [-0.3, -0.25) is 4.79 Å². The van der Waals surface area contributed by atoms with Crippen LogP contribution in [-0.4, -0.2) is 11.1 Å². The number of hydrogen-bond acceptors (Lipinski definition) is 3. The van der Waals surface area contributed by atoms with E-state index in [1.54, 1.807) is 6.92 Å². The van der Waals surface area contributed by atoms with E-state index in [-0.39, 0.29) is 11.9 Å². The molecule has 0 aliphatic rings. The van der Waals surface area contributed by atoms with E-state index in [0.717, 1.165) is 11.1 Å². The minimum absolute atomic E-state index is 0.101. The third kappa shape index (κ3) is 3.23. The van der Waals surface area contributed by atoms with Crippen molar-refractivity contribution in [1.29, 1.82) is 0 Å². The van der Waals surface area contributed by atoms with Gasteiger partial charge in [-0.15, -0.1) is 0 Å². The standard InChI is InChI=1S/C20H20N2O2/c1-13-9-11-16(12-10-13)14(2)21-20(23)18-15(3)24-22-19(18)17-7-5-4-6-8-17/h4-12,14H,1-3H3,(H,21,23)/t14-/m0/s1. The molecular formula is C20H20N2O2. The number of carbonyl (C=O) groups is 1. The molecule has 4 nitrogen and oxygen atoms in total. The van der Waals surface area contributed by atoms with Crippen LogP contribution in [0.3, 0.4) is 0 Å². The molecule has 1 atom stereocenters. The summed E-state index contributed by atoms with van der Waals surface area (Å²) < 4.78 is 5.26. The van der Waals surface area contributed by atoms with Crippen molar-refractivity contribution in [3.05, 3.63) is 77.0 Å². The quantitative estimate of drug-likeness (QED) is 0.772. The summed E-state index contributed by atoms with van der Waals surface area (Å²) in [6.45, 7) is 5.76. The number of rotatable bonds is 4. The zero-order valence-electron chi connectivity index (χ0n) is 14.0. The lowest BCUT2D eigenvalue weighted by molar-refractivity contribution is 0.0939. The van der Waals surface area contributed by atoms with Crippen LogP contribution in [0, 0.1) is 13.8 Å². The number of aromatic nitrogens is 1. The fourth-order valence-electron chi connectivity index (χ4n) is 2.64. The Morgan fingerprint density at radius 1 is 1.04 bits per heavy atom. The molecule has 1 aromatic heterocycles. The van der Waals surface area contributed by atoms with E-state index >= 15 is 0 Å². The molecule has 1 heterocycles. The molecule has 4 heteroatoms. The molecule has 0 aliphatic heterocycles. The van der Waals surface area contributed by atoms with E-state index in [2.05, 4.69) is 10.5 Å². The Morgan fingerprint density at radius 3 is 2.38 bits per heavy atom. The Hall–Kier alpha value is -2.88. The summed E-state index contributed by atoms with van der Waals surface area (Å²) in [6.07, 6.45) is 0. The van der Waals surface area contributed by atoms with Crippen LogP contribution in [0.2, 0.25) is 0 Å². The maximum atomic E-state index is 12.8. The minimum Gasteiger partial charge on any atom is -0.360 e. The summed E-state index contributed by atoms with van der Waals surface area (Å²) in [5, 5.41) is 7.09. The number of benzene rings is 2. The van der Waals surface area contributed by atoms with Crippen molar-refractivity contribution < 1.29 is 9.32 Å². The zero-order chi connectivity index (χ0) is 17.1. The molecule has 0 saturated carbocycles. The van der Waals surface area contributed by atoms with Gasteiger partial charge < -0.3 is 9.84 Å². The first-order chi connectivity index (χ1) is 11.6. The number of amides is 1. The van der Waals surface area contributed by atoms with Crippen molar-refractivity contribution in [3.63, 3.8) is 0 Å². The van der Waals surface area contributed by atoms with Crippen molar-refractivity contribution in [2.45, 2.75) is 26.8 Å². The average Bonchev–Trinajstić information content (AvgIpc) is 2.98. The van der Waals surface area contributed by atoms with E-state index in [4.69, 9.17) is 4.52 Å². The summed E-state index contributed by atoms with van der Waals surface area (Å²) in [4.78, 5) is 12.8. The highest BCUT2D eigenvalue weighted by atomic mass is 16.5. The second kappa shape index (κ2) is 6.71. The number of aryl methyl sites for hydroxylation is 2. The van der Waals surface area contributed by atoms with Crippen molar-refractivity contribution >= 4 is 5.91 Å². The summed E-state index contributed by atoms with van der Waals surface area (Å²) >= 11 is 0. The second-order valence-corrected chi connectivity index (χ2v) is 5.93. The molecule has 0 unspecified atom stereocenters. The lowest BCUT2D eigenvalue weighted by Gasteiger charge is -2.14. The summed E-state index contributed by atoms with van der Waals surface area (Å²) in [7, 11) is 0. The van der Waals surface area contributed by atoms with Gasteiger partial charge in [0.05, 0.1) is 6.04 Å². The summed E-state index contributed by atoms with van der Waals surface area (Å²) in [5.41, 5.74) is 4.17. The van der Waals surface area contributed by atoms with E-state index in [0.29, 0.717) is 17.0 Å². The fraction of sp³-hybridized carbons (Fsp3) is 0.200. The van der Waals surface area contributed by atoms with E-state index in [1.165, 1.54) is 5.56 Å². The lowest BCUT2D eigenvalue weighted by atomic mass is 10.0. The van der Waals surface area contributed by atoms with Gasteiger partial charge in [0, 0.05) is 5.56 Å². The highest BCUT2D eigenvalue weighted by Gasteiger charge is 2.22. The van der Waals surface area contributed by atoms with Crippen LogP contribution in [0.15, 0.2) is 59.1 Å². The van der Waals surface area contributed by atoms with Gasteiger partial charge in [-0.1, -0.05) is 65.3 Å². The predicted octanol–water partition coefficient (Wildman–Crippen LogP) is 4.45. The Bertz CT molecular complexity index is 836. The van der Waals surface area contributed by atoms with Crippen LogP contribution in [0.1, 0.15) is 40.2 Å². The molecule has 0 radical (unpaired) electrons. The van der Waals surface area contributed by atoms with Gasteiger partial charge in [-0.25, -0.2) is 0 Å². The van der Waals surface area contributed by atoms with Crippen LogP contribution in [0.25, 0.3) is 11.3 Å². The normalized spacial score (nSPS) is 12.0. The Morgan fingerprint density at radius 2 is 1.71 bits per heavy atom. The van der Waals surface area contributed by atoms with Gasteiger partial charge >= 0.3 is 0 Å². The predicted molar refractivity (Wildman–Crippen MR) is 93.7 cm³/mol. The highest BCUT2D eigenvalue weighted by molar-refractivity contribution is 6.00. The van der Waals surface area contributed by atoms with Crippen LogP contribution in [0.5, 0.6) is 0 Å². The van der Waals surface area contributed by atoms with E-state index in [9.17, 15) is 4.79 Å². The van der Waals surface area contributed by atoms with Gasteiger partial charge in [0.15, 0.2) is 0 Å². The molecule has 3 aromatic rings. The second-order valence-electron chi connectivity index (χ2n) is 5.93. The third-order valence-corrected chi connectivity index (χ3v) is 4.06. The van der Waals surface area contributed by atoms with E-state index < -0.39 is 0 Å². The molecular weight excluding hydrogens is 300 g/mol. The number of hydrogen-bond donors (Lipinski definition) is 1. The molecule has 122 valence electrons. The minimum atomic E-state index is -0.180. The molecule has 0 fully saturated rings. The number of carbonyl (C=O) groups excluding carboxylic acids is 1. The van der Waals surface area contributed by atoms with Crippen molar-refractivity contribution in [2.24, 2.45) is 0 Å². The molecule has 2 aromatic carbocycles. The van der Waals surface area contributed by atoms with Gasteiger partial charge in [-0.05, 0) is 26.3 Å². The SMILES string of the molecule is Cc1ccc([C@H](C)NC(=O)c2c(-c3ccccc3)noc2C)cc1. The molecule has 24 heavy (non-hydrogen) atoms. The largest absolute Gasteiger partial charge is 0.360 e. The smallest absolute Gasteiger partial charge is 0.257 e. The van der Waals surface area contributed by atoms with Gasteiger partial charge in [0.25, 0.3) is 5.91 Å². The number of nitrogens with one attached hydrogen (secondary N) is 1. The first-order valence-corrected chi connectivity index (χ1v) is 7.95. The lowest BCUT2D eigenvalue weighted by Crippen LogP contribution is -2.27. The van der Waals surface area contributed by atoms with Gasteiger partial charge in [-0.2, -0.15) is 0 Å². The van der Waals surface area contributed by atoms with Crippen LogP contribution in [0.4, 0.5) is 0 Å². The molecule has 1 N–H and O–H groups in total. The molecule has 0 aliphatic carbocycles. The molecule has 0 bridgehead atoms. The summed E-state index contributed by atoms with van der Waals surface area (Å²) in [6, 6.07) is 17.6. The molecule has 0 saturated heterocycles. The highest BCUT2D eigenvalue weighted by Crippen LogP contribution is 2.25. The maximum Gasteiger partial charge on any atom is 0.257 e. The summed E-state index contributed by atoms with van der Waals surface area (Å²) in [5.74, 6) is 0.336. The maximum absolute atomic E-state index is 12.8. The van der Waals surface area contributed by atoms with Crippen LogP contribution < -0.4 is 5.32 Å². The topological polar surface area (TPSA) is 55.1 Å². The van der Waals surface area contributed by atoms with Crippen molar-refractivity contribution in [2.75, 3.05) is 0 Å². The van der Waals surface area contributed by atoms with Crippen molar-refractivity contribution in [1.82, 2.24) is 10.5 Å². The molecule has 1 amide bonds. The monoisotopic (exact) mass is 320 g/mol. The Labute approximate surface area is 141 Å². The first-order valence-electron chi connectivity index (χ1n) is 7.95. The molecule has 0 spiro atoms. The zero-order valence-corrected chi connectivity index (χ0v) is 14.0. The Kier molecular flexibility index (Phi) is 4.47.